The van der Waals surface area contributed by atoms with E-state index in [-0.39, 0.29) is 59.3 Å². The number of benzene rings is 3. The van der Waals surface area contributed by atoms with Crippen molar-refractivity contribution in [3.8, 4) is 11.3 Å². The minimum absolute atomic E-state index is 0.0775. The van der Waals surface area contributed by atoms with Crippen molar-refractivity contribution in [1.29, 1.82) is 0 Å². The van der Waals surface area contributed by atoms with E-state index >= 15 is 9.18 Å². The molecular formula is C62H74FN11O5. The van der Waals surface area contributed by atoms with Crippen LogP contribution in [-0.4, -0.2) is 120 Å². The Morgan fingerprint density at radius 3 is 2.19 bits per heavy atom. The maximum Gasteiger partial charge on any atom is 0.238 e. The molecule has 1 spiro atoms. The number of imide groups is 1. The number of nitrogens with zero attached hydrogens (tertiary/aromatic N) is 9. The summed E-state index contributed by atoms with van der Waals surface area (Å²) in [6.45, 7) is 8.87. The van der Waals surface area contributed by atoms with Gasteiger partial charge >= 0.3 is 0 Å². The Hall–Kier alpha value is -7.01. The Bertz CT molecular complexity index is 3300. The number of para-hydroxylation sites is 1. The Labute approximate surface area is 461 Å². The van der Waals surface area contributed by atoms with Gasteiger partial charge in [0.2, 0.25) is 29.5 Å². The molecule has 6 fully saturated rings. The van der Waals surface area contributed by atoms with Crippen molar-refractivity contribution in [2.24, 2.45) is 18.9 Å². The van der Waals surface area contributed by atoms with Crippen molar-refractivity contribution in [2.45, 2.75) is 146 Å². The third kappa shape index (κ3) is 10.2. The summed E-state index contributed by atoms with van der Waals surface area (Å²) in [4.78, 5) is 84.1. The fraction of sp³-hybridized carbons (Fsp3) is 0.516. The zero-order valence-corrected chi connectivity index (χ0v) is 46.0. The van der Waals surface area contributed by atoms with Crippen LogP contribution in [0.25, 0.3) is 33.2 Å². The number of carbonyl (C=O) groups excluding carboxylic acids is 5. The molecule has 13 rings (SSSR count). The van der Waals surface area contributed by atoms with Crippen LogP contribution in [0.15, 0.2) is 79.3 Å². The lowest BCUT2D eigenvalue weighted by molar-refractivity contribution is -0.144. The van der Waals surface area contributed by atoms with Gasteiger partial charge in [0.25, 0.3) is 0 Å². The Morgan fingerprint density at radius 1 is 0.759 bits per heavy atom. The molecule has 8 heterocycles. The molecule has 5 aliphatic heterocycles. The molecule has 414 valence electrons. The molecule has 2 aliphatic carbocycles. The molecule has 3 aromatic heterocycles. The number of likely N-dealkylation sites (tertiary alicyclic amines) is 3. The van der Waals surface area contributed by atoms with Gasteiger partial charge in [0.05, 0.1) is 40.1 Å². The molecule has 6 aromatic rings. The van der Waals surface area contributed by atoms with E-state index in [2.05, 4.69) is 62.1 Å². The lowest BCUT2D eigenvalue weighted by Gasteiger charge is -2.48. The lowest BCUT2D eigenvalue weighted by Crippen LogP contribution is -2.58. The molecule has 79 heavy (non-hydrogen) atoms. The van der Waals surface area contributed by atoms with Crippen molar-refractivity contribution in [1.82, 2.24) is 44.3 Å². The number of rotatable bonds is 9. The zero-order valence-electron chi connectivity index (χ0n) is 46.0. The van der Waals surface area contributed by atoms with Gasteiger partial charge in [0.1, 0.15) is 11.3 Å². The first-order valence-corrected chi connectivity index (χ1v) is 29.3. The van der Waals surface area contributed by atoms with Crippen LogP contribution >= 0.6 is 0 Å². The Balaban J connectivity index is 0.000000292. The number of halogens is 1. The third-order valence-corrected chi connectivity index (χ3v) is 18.6. The van der Waals surface area contributed by atoms with Crippen molar-refractivity contribution in [3.05, 3.63) is 96.2 Å². The first-order valence-electron chi connectivity index (χ1n) is 29.3. The molecule has 4 saturated heterocycles. The van der Waals surface area contributed by atoms with E-state index in [0.29, 0.717) is 93.9 Å². The van der Waals surface area contributed by atoms with Crippen LogP contribution in [0.5, 0.6) is 0 Å². The van der Waals surface area contributed by atoms with Crippen LogP contribution in [0, 0.1) is 17.7 Å². The number of anilines is 3. The van der Waals surface area contributed by atoms with Gasteiger partial charge in [-0.3, -0.25) is 34.0 Å². The highest BCUT2D eigenvalue weighted by molar-refractivity contribution is 6.10. The first kappa shape index (κ1) is 52.7. The maximum absolute atomic E-state index is 15.1. The van der Waals surface area contributed by atoms with Gasteiger partial charge in [-0.05, 0) is 145 Å². The zero-order chi connectivity index (χ0) is 54.5. The predicted molar refractivity (Wildman–Crippen MR) is 302 cm³/mol. The summed E-state index contributed by atoms with van der Waals surface area (Å²) in [5.74, 6) is 0.280. The van der Waals surface area contributed by atoms with Gasteiger partial charge in [-0.15, -0.1) is 0 Å². The van der Waals surface area contributed by atoms with Crippen molar-refractivity contribution in [3.63, 3.8) is 0 Å². The van der Waals surface area contributed by atoms with E-state index in [1.807, 2.05) is 53.6 Å². The summed E-state index contributed by atoms with van der Waals surface area (Å²) >= 11 is 0. The summed E-state index contributed by atoms with van der Waals surface area (Å²) in [5, 5.41) is 11.0. The number of hydrogen-bond donors (Lipinski definition) is 2. The quantitative estimate of drug-likeness (QED) is 0.133. The topological polar surface area (TPSA) is 171 Å². The molecule has 7 aliphatic rings. The summed E-state index contributed by atoms with van der Waals surface area (Å²) in [5.41, 5.74) is 6.64. The predicted octanol–water partition coefficient (Wildman–Crippen LogP) is 9.70. The van der Waals surface area contributed by atoms with E-state index in [4.69, 9.17) is 9.97 Å². The van der Waals surface area contributed by atoms with E-state index in [0.717, 1.165) is 95.9 Å². The molecule has 2 saturated carbocycles. The fourth-order valence-corrected chi connectivity index (χ4v) is 14.0. The molecule has 16 nitrogen and oxygen atoms in total. The Morgan fingerprint density at radius 2 is 1.47 bits per heavy atom. The molecule has 1 atom stereocenters. The number of aryl methyl sites for hydroxylation is 1. The van der Waals surface area contributed by atoms with Gasteiger partial charge in [0, 0.05) is 92.4 Å². The second kappa shape index (κ2) is 21.9. The minimum Gasteiger partial charge on any atom is -0.342 e. The van der Waals surface area contributed by atoms with Gasteiger partial charge in [-0.1, -0.05) is 56.0 Å². The summed E-state index contributed by atoms with van der Waals surface area (Å²) in [7, 11) is 1.87. The number of amides is 5. The third-order valence-electron chi connectivity index (χ3n) is 18.6. The number of nitrogens with one attached hydrogen (secondary N) is 2. The largest absolute Gasteiger partial charge is 0.342 e. The van der Waals surface area contributed by atoms with Crippen LogP contribution in [0.1, 0.15) is 140 Å². The van der Waals surface area contributed by atoms with Crippen LogP contribution < -0.4 is 15.5 Å². The number of pyridine rings is 1. The normalized spacial score (nSPS) is 23.0. The molecule has 5 amide bonds. The average Bonchev–Trinajstić information content (AvgIpc) is 3.75. The van der Waals surface area contributed by atoms with Crippen molar-refractivity contribution in [2.75, 3.05) is 49.5 Å². The molecular weight excluding hydrogens is 998 g/mol. The molecule has 17 heteroatoms. The van der Waals surface area contributed by atoms with Crippen LogP contribution in [0.3, 0.4) is 0 Å². The standard InChI is InChI=1S/C49H61FN8O3.C13H13N3O2/c1-32(2)57-31-51-42-30-41(53-45(44(42)57)52-40-14-8-7-13-39(40)50)35-15-16-38-43(27-35)58(37-28-36(29-37)54-21-9-4-10-22-54)48(61)49(38)19-25-56(26-20-49)47(60)34-17-23-55(24-18-34)46(59)33-11-5-3-6-12-33;1-16-7-9-6-8(2-4-11(9)15-16)10-3-5-12(17)14-13(10)18/h7-8,13-16,27,30-34,36-37H,3-6,9-12,17-26,28-29H2,1-2H3,(H,52,53);2,4,6-7,10H,3,5H2,1H3,(H,14,17,18). The highest BCUT2D eigenvalue weighted by Gasteiger charge is 2.56. The van der Waals surface area contributed by atoms with Gasteiger partial charge in [-0.25, -0.2) is 14.4 Å². The summed E-state index contributed by atoms with van der Waals surface area (Å²) in [6.07, 6.45) is 18.6. The molecule has 0 bridgehead atoms. The number of aromatic nitrogens is 5. The summed E-state index contributed by atoms with van der Waals surface area (Å²) in [6, 6.07) is 21.5. The van der Waals surface area contributed by atoms with Gasteiger partial charge in [0.15, 0.2) is 5.82 Å². The first-order chi connectivity index (χ1) is 38.3. The van der Waals surface area contributed by atoms with Crippen LogP contribution in [0.4, 0.5) is 21.6 Å². The van der Waals surface area contributed by atoms with E-state index in [1.165, 1.54) is 31.7 Å². The number of hydrogen-bond acceptors (Lipinski definition) is 10. The lowest BCUT2D eigenvalue weighted by atomic mass is 9.73. The Kier molecular flexibility index (Phi) is 14.6. The highest BCUT2D eigenvalue weighted by atomic mass is 19.1. The monoisotopic (exact) mass is 1070 g/mol. The second-order valence-electron chi connectivity index (χ2n) is 23.8. The fourth-order valence-electron chi connectivity index (χ4n) is 14.0. The van der Waals surface area contributed by atoms with Crippen LogP contribution in [0.2, 0.25) is 0 Å². The van der Waals surface area contributed by atoms with Crippen LogP contribution in [-0.2, 0) is 36.4 Å². The van der Waals surface area contributed by atoms with E-state index in [1.54, 1.807) is 22.9 Å². The maximum atomic E-state index is 15.1. The number of carbonyl (C=O) groups is 5. The average molecular weight is 1070 g/mol. The molecule has 1 unspecified atom stereocenters. The van der Waals surface area contributed by atoms with Gasteiger partial charge < -0.3 is 29.5 Å². The molecule has 0 radical (unpaired) electrons. The second-order valence-corrected chi connectivity index (χ2v) is 23.8. The van der Waals surface area contributed by atoms with Crippen molar-refractivity contribution < 1.29 is 28.4 Å². The number of fused-ring (bicyclic) bond motifs is 4. The number of piperidine rings is 4. The molecule has 2 N–H and O–H groups in total. The molecule has 3 aromatic carbocycles. The van der Waals surface area contributed by atoms with Gasteiger partial charge in [-0.2, -0.15) is 5.10 Å². The summed E-state index contributed by atoms with van der Waals surface area (Å²) < 4.78 is 18.8. The minimum atomic E-state index is -0.693. The van der Waals surface area contributed by atoms with Crippen molar-refractivity contribution >= 4 is 68.7 Å². The van der Waals surface area contributed by atoms with E-state index in [9.17, 15) is 19.2 Å². The number of imidazole rings is 1. The smallest absolute Gasteiger partial charge is 0.238 e. The highest BCUT2D eigenvalue weighted by Crippen LogP contribution is 2.52. The SMILES string of the molecule is CC(C)n1cnc2cc(-c3ccc4c(c3)N(C3CC(N5CCCCC5)C3)C(=O)C43CCN(C(=O)C4CCN(C(=O)C5CCCCC5)CC4)CC3)nc(Nc3ccccc3F)c21.Cn1cc2cc(C3CCC(=O)NC3=O)ccc2n1. The van der Waals surface area contributed by atoms with E-state index < -0.39 is 5.41 Å².